The van der Waals surface area contributed by atoms with Crippen LogP contribution >= 0.6 is 0 Å². The van der Waals surface area contributed by atoms with Crippen LogP contribution in [0.1, 0.15) is 47.5 Å². The van der Waals surface area contributed by atoms with Gasteiger partial charge in [0.2, 0.25) is 0 Å². The van der Waals surface area contributed by atoms with E-state index in [-0.39, 0.29) is 17.3 Å². The molecule has 0 bridgehead atoms. The van der Waals surface area contributed by atoms with Gasteiger partial charge in [0.1, 0.15) is 11.4 Å². The Bertz CT molecular complexity index is 596. The van der Waals surface area contributed by atoms with Crippen molar-refractivity contribution in [2.75, 3.05) is 17.2 Å². The van der Waals surface area contributed by atoms with Gasteiger partial charge in [0, 0.05) is 18.3 Å². The number of ether oxygens (including phenoxy) is 2. The van der Waals surface area contributed by atoms with Gasteiger partial charge in [-0.05, 0) is 65.7 Å². The third-order valence-corrected chi connectivity index (χ3v) is 3.67. The van der Waals surface area contributed by atoms with Crippen molar-refractivity contribution in [3.8, 4) is 0 Å². The van der Waals surface area contributed by atoms with E-state index in [1.54, 1.807) is 32.9 Å². The molecule has 1 saturated heterocycles. The van der Waals surface area contributed by atoms with Gasteiger partial charge in [-0.2, -0.15) is 0 Å². The van der Waals surface area contributed by atoms with Crippen LogP contribution in [0, 0.1) is 5.82 Å². The number of rotatable bonds is 3. The quantitative estimate of drug-likeness (QED) is 0.849. The lowest BCUT2D eigenvalue weighted by Gasteiger charge is -2.36. The minimum Gasteiger partial charge on any atom is -0.444 e. The van der Waals surface area contributed by atoms with E-state index >= 15 is 0 Å². The Labute approximate surface area is 142 Å². The van der Waals surface area contributed by atoms with E-state index in [9.17, 15) is 9.18 Å². The largest absolute Gasteiger partial charge is 0.444 e. The second kappa shape index (κ2) is 6.97. The van der Waals surface area contributed by atoms with Crippen LogP contribution in [0.15, 0.2) is 18.2 Å². The highest BCUT2D eigenvalue weighted by molar-refractivity contribution is 5.85. The molecule has 1 fully saturated rings. The standard InChI is InChI=1S/C18H27FN2O3/c1-17(2,3)24-16(22)21-15-10-12(6-7-14(15)19)20-13-8-9-23-18(4,5)11-13/h6-7,10,13,20H,8-9,11H2,1-5H3,(H,21,22). The number of benzene rings is 1. The molecule has 1 unspecified atom stereocenters. The first-order valence-electron chi connectivity index (χ1n) is 8.24. The Morgan fingerprint density at radius 3 is 2.71 bits per heavy atom. The fourth-order valence-electron chi connectivity index (χ4n) is 2.72. The summed E-state index contributed by atoms with van der Waals surface area (Å²) in [7, 11) is 0. The number of anilines is 2. The maximum Gasteiger partial charge on any atom is 0.412 e. The Hall–Kier alpha value is -1.82. The van der Waals surface area contributed by atoms with Gasteiger partial charge in [0.25, 0.3) is 0 Å². The number of carbonyl (C=O) groups is 1. The molecule has 6 heteroatoms. The molecule has 24 heavy (non-hydrogen) atoms. The maximum atomic E-state index is 13.9. The van der Waals surface area contributed by atoms with Crippen LogP contribution in [0.2, 0.25) is 0 Å². The molecule has 0 aromatic heterocycles. The molecular formula is C18H27FN2O3. The van der Waals surface area contributed by atoms with Crippen LogP contribution in [0.25, 0.3) is 0 Å². The highest BCUT2D eigenvalue weighted by atomic mass is 19.1. The second-order valence-corrected chi connectivity index (χ2v) is 7.76. The summed E-state index contributed by atoms with van der Waals surface area (Å²) in [6.07, 6.45) is 1.07. The SMILES string of the molecule is CC(C)(C)OC(=O)Nc1cc(NC2CCOC(C)(C)C2)ccc1F. The van der Waals surface area contributed by atoms with E-state index in [0.717, 1.165) is 18.5 Å². The van der Waals surface area contributed by atoms with Crippen LogP contribution in [-0.2, 0) is 9.47 Å². The van der Waals surface area contributed by atoms with Gasteiger partial charge in [-0.15, -0.1) is 0 Å². The van der Waals surface area contributed by atoms with Crippen LogP contribution in [0.4, 0.5) is 20.6 Å². The van der Waals surface area contributed by atoms with Gasteiger partial charge in [-0.3, -0.25) is 5.32 Å². The molecule has 1 amide bonds. The molecular weight excluding hydrogens is 311 g/mol. The average Bonchev–Trinajstić information content (AvgIpc) is 2.39. The van der Waals surface area contributed by atoms with E-state index < -0.39 is 17.5 Å². The number of hydrogen-bond donors (Lipinski definition) is 2. The number of carbonyl (C=O) groups excluding carboxylic acids is 1. The average molecular weight is 338 g/mol. The summed E-state index contributed by atoms with van der Waals surface area (Å²) in [5, 5.41) is 5.85. The Kier molecular flexibility index (Phi) is 5.38. The summed E-state index contributed by atoms with van der Waals surface area (Å²) < 4.78 is 24.8. The molecule has 1 heterocycles. The summed E-state index contributed by atoms with van der Waals surface area (Å²) >= 11 is 0. The van der Waals surface area contributed by atoms with Crippen molar-refractivity contribution in [3.05, 3.63) is 24.0 Å². The monoisotopic (exact) mass is 338 g/mol. The molecule has 0 saturated carbocycles. The Morgan fingerprint density at radius 2 is 2.08 bits per heavy atom. The van der Waals surface area contributed by atoms with Crippen LogP contribution in [0.5, 0.6) is 0 Å². The molecule has 5 nitrogen and oxygen atoms in total. The summed E-state index contributed by atoms with van der Waals surface area (Å²) in [5.41, 5.74) is 0.0446. The number of halogens is 1. The predicted molar refractivity (Wildman–Crippen MR) is 92.9 cm³/mol. The molecule has 1 aromatic carbocycles. The Morgan fingerprint density at radius 1 is 1.38 bits per heavy atom. The molecule has 0 aliphatic carbocycles. The van der Waals surface area contributed by atoms with Crippen molar-refractivity contribution in [2.45, 2.75) is 64.7 Å². The van der Waals surface area contributed by atoms with E-state index in [2.05, 4.69) is 24.5 Å². The highest BCUT2D eigenvalue weighted by Crippen LogP contribution is 2.28. The molecule has 1 aliphatic rings. The van der Waals surface area contributed by atoms with Crippen molar-refractivity contribution in [2.24, 2.45) is 0 Å². The normalized spacial score (nSPS) is 20.3. The first-order valence-corrected chi connectivity index (χ1v) is 8.24. The number of amides is 1. The lowest BCUT2D eigenvalue weighted by molar-refractivity contribution is -0.0553. The molecule has 2 rings (SSSR count). The first kappa shape index (κ1) is 18.5. The van der Waals surface area contributed by atoms with Gasteiger partial charge >= 0.3 is 6.09 Å². The van der Waals surface area contributed by atoms with Crippen molar-refractivity contribution in [3.63, 3.8) is 0 Å². The topological polar surface area (TPSA) is 59.6 Å². The third-order valence-electron chi connectivity index (χ3n) is 3.67. The van der Waals surface area contributed by atoms with Gasteiger partial charge < -0.3 is 14.8 Å². The van der Waals surface area contributed by atoms with Crippen molar-refractivity contribution in [1.82, 2.24) is 0 Å². The van der Waals surface area contributed by atoms with E-state index in [1.807, 2.05) is 0 Å². The van der Waals surface area contributed by atoms with Gasteiger partial charge in [0.05, 0.1) is 11.3 Å². The molecule has 0 radical (unpaired) electrons. The summed E-state index contributed by atoms with van der Waals surface area (Å²) in [5.74, 6) is -0.501. The minimum absolute atomic E-state index is 0.0977. The molecule has 134 valence electrons. The summed E-state index contributed by atoms with van der Waals surface area (Å²) in [6, 6.07) is 4.83. The zero-order valence-electron chi connectivity index (χ0n) is 15.0. The lowest BCUT2D eigenvalue weighted by Crippen LogP contribution is -2.40. The minimum atomic E-state index is -0.675. The smallest absolute Gasteiger partial charge is 0.412 e. The number of nitrogens with one attached hydrogen (secondary N) is 2. The van der Waals surface area contributed by atoms with Crippen LogP contribution < -0.4 is 10.6 Å². The summed E-state index contributed by atoms with van der Waals surface area (Å²) in [4.78, 5) is 11.8. The lowest BCUT2D eigenvalue weighted by atomic mass is 9.94. The van der Waals surface area contributed by atoms with Crippen molar-refractivity contribution in [1.29, 1.82) is 0 Å². The van der Waals surface area contributed by atoms with Crippen molar-refractivity contribution < 1.29 is 18.7 Å². The molecule has 0 spiro atoms. The van der Waals surface area contributed by atoms with Gasteiger partial charge in [-0.1, -0.05) is 0 Å². The summed E-state index contributed by atoms with van der Waals surface area (Å²) in [6.45, 7) is 10.1. The first-order chi connectivity index (χ1) is 11.0. The zero-order chi connectivity index (χ0) is 18.0. The molecule has 1 atom stereocenters. The molecule has 1 aromatic rings. The van der Waals surface area contributed by atoms with Gasteiger partial charge in [0.15, 0.2) is 0 Å². The van der Waals surface area contributed by atoms with Crippen LogP contribution in [0.3, 0.4) is 0 Å². The van der Waals surface area contributed by atoms with E-state index in [1.165, 1.54) is 6.07 Å². The Balaban J connectivity index is 2.04. The van der Waals surface area contributed by atoms with Crippen LogP contribution in [-0.4, -0.2) is 29.9 Å². The third kappa shape index (κ3) is 5.67. The highest BCUT2D eigenvalue weighted by Gasteiger charge is 2.28. The zero-order valence-corrected chi connectivity index (χ0v) is 15.0. The predicted octanol–water partition coefficient (Wildman–Crippen LogP) is 4.54. The molecule has 2 N–H and O–H groups in total. The van der Waals surface area contributed by atoms with Crippen molar-refractivity contribution >= 4 is 17.5 Å². The maximum absolute atomic E-state index is 13.9. The van der Waals surface area contributed by atoms with E-state index in [0.29, 0.717) is 6.61 Å². The second-order valence-electron chi connectivity index (χ2n) is 7.76. The fraction of sp³-hybridized carbons (Fsp3) is 0.611. The van der Waals surface area contributed by atoms with E-state index in [4.69, 9.17) is 9.47 Å². The van der Waals surface area contributed by atoms with Gasteiger partial charge in [-0.25, -0.2) is 9.18 Å². The molecule has 1 aliphatic heterocycles. The fourth-order valence-corrected chi connectivity index (χ4v) is 2.72. The number of hydrogen-bond acceptors (Lipinski definition) is 4.